The first-order valence-corrected chi connectivity index (χ1v) is 13.6. The van der Waals surface area contributed by atoms with Crippen molar-refractivity contribution in [1.82, 2.24) is 29.6 Å². The van der Waals surface area contributed by atoms with Crippen molar-refractivity contribution in [2.24, 2.45) is 0 Å². The van der Waals surface area contributed by atoms with Crippen LogP contribution in [0.4, 0.5) is 20.7 Å². The second-order valence-corrected chi connectivity index (χ2v) is 11.0. The number of anilines is 2. The molecule has 0 spiro atoms. The van der Waals surface area contributed by atoms with Crippen LogP contribution in [-0.2, 0) is 17.8 Å². The lowest BCUT2D eigenvalue weighted by Crippen LogP contribution is -2.51. The maximum absolute atomic E-state index is 13.6. The van der Waals surface area contributed by atoms with Crippen LogP contribution >= 0.6 is 22.9 Å². The highest BCUT2D eigenvalue weighted by atomic mass is 35.5. The van der Waals surface area contributed by atoms with Gasteiger partial charge in [0.2, 0.25) is 5.91 Å². The first-order valence-electron chi connectivity index (χ1n) is 12.4. The van der Waals surface area contributed by atoms with Gasteiger partial charge in [-0.05, 0) is 30.2 Å². The Labute approximate surface area is 229 Å². The van der Waals surface area contributed by atoms with E-state index in [0.29, 0.717) is 50.6 Å². The number of nitrogens with one attached hydrogen (secondary N) is 1. The Morgan fingerprint density at radius 2 is 1.95 bits per heavy atom. The number of carbonyl (C=O) groups is 2. The van der Waals surface area contributed by atoms with Crippen LogP contribution in [0.5, 0.6) is 0 Å². The van der Waals surface area contributed by atoms with Crippen molar-refractivity contribution in [2.45, 2.75) is 13.0 Å². The van der Waals surface area contributed by atoms with Crippen LogP contribution in [0.2, 0.25) is 5.02 Å². The van der Waals surface area contributed by atoms with E-state index in [1.807, 2.05) is 15.9 Å². The van der Waals surface area contributed by atoms with Gasteiger partial charge in [-0.1, -0.05) is 17.7 Å². The molecule has 0 saturated carbocycles. The summed E-state index contributed by atoms with van der Waals surface area (Å²) in [6, 6.07) is 4.49. The van der Waals surface area contributed by atoms with Crippen molar-refractivity contribution in [3.63, 3.8) is 0 Å². The predicted molar refractivity (Wildman–Crippen MR) is 147 cm³/mol. The Morgan fingerprint density at radius 3 is 2.68 bits per heavy atom. The lowest BCUT2D eigenvalue weighted by atomic mass is 10.0. The number of halogens is 2. The highest BCUT2D eigenvalue weighted by molar-refractivity contribution is 7.19. The SMILES string of the molecule is CN(C)C(=O)N1CCN(CC=CC(=O)N2CCc3c(sc4ncnc(Nc5ccc(F)c(Cl)c5)c34)C2)CC1. The number of piperazine rings is 1. The minimum absolute atomic E-state index is 0.0140. The third-order valence-electron chi connectivity index (χ3n) is 6.78. The van der Waals surface area contributed by atoms with Crippen LogP contribution in [-0.4, -0.2) is 94.9 Å². The first kappa shape index (κ1) is 26.3. The quantitative estimate of drug-likeness (QED) is 0.478. The number of hydrogen-bond acceptors (Lipinski definition) is 7. The molecule has 0 bridgehead atoms. The summed E-state index contributed by atoms with van der Waals surface area (Å²) in [5, 5.41) is 4.21. The Morgan fingerprint density at radius 1 is 1.16 bits per heavy atom. The lowest BCUT2D eigenvalue weighted by Gasteiger charge is -2.35. The van der Waals surface area contributed by atoms with Crippen molar-refractivity contribution in [3.8, 4) is 0 Å². The molecule has 2 aliphatic rings. The Bertz CT molecular complexity index is 1390. The summed E-state index contributed by atoms with van der Waals surface area (Å²) < 4.78 is 13.6. The maximum Gasteiger partial charge on any atom is 0.319 e. The molecule has 3 amide bonds. The van der Waals surface area contributed by atoms with Crippen LogP contribution in [0.25, 0.3) is 10.2 Å². The second kappa shape index (κ2) is 11.2. The van der Waals surface area contributed by atoms with E-state index in [-0.39, 0.29) is 17.0 Å². The van der Waals surface area contributed by atoms with Gasteiger partial charge >= 0.3 is 6.03 Å². The van der Waals surface area contributed by atoms with Gasteiger partial charge in [0.05, 0.1) is 17.0 Å². The molecule has 1 fully saturated rings. The van der Waals surface area contributed by atoms with Crippen molar-refractivity contribution in [1.29, 1.82) is 0 Å². The van der Waals surface area contributed by atoms with Gasteiger partial charge in [-0.25, -0.2) is 19.2 Å². The van der Waals surface area contributed by atoms with Crippen molar-refractivity contribution >= 4 is 56.6 Å². The minimum atomic E-state index is -0.476. The highest BCUT2D eigenvalue weighted by Crippen LogP contribution is 2.38. The summed E-state index contributed by atoms with van der Waals surface area (Å²) >= 11 is 7.50. The third-order valence-corrected chi connectivity index (χ3v) is 8.19. The van der Waals surface area contributed by atoms with Gasteiger partial charge in [0.25, 0.3) is 0 Å². The average molecular weight is 558 g/mol. The molecule has 38 heavy (non-hydrogen) atoms. The average Bonchev–Trinajstić information content (AvgIpc) is 3.29. The summed E-state index contributed by atoms with van der Waals surface area (Å²) in [5.41, 5.74) is 1.78. The first-order chi connectivity index (χ1) is 18.3. The number of nitrogens with zero attached hydrogens (tertiary/aromatic N) is 6. The number of amides is 3. The lowest BCUT2D eigenvalue weighted by molar-refractivity contribution is -0.126. The molecular weight excluding hydrogens is 529 g/mol. The number of fused-ring (bicyclic) bond motifs is 3. The fraction of sp³-hybridized carbons (Fsp3) is 0.385. The monoisotopic (exact) mass is 557 g/mol. The van der Waals surface area contributed by atoms with Gasteiger partial charge in [-0.15, -0.1) is 11.3 Å². The molecule has 5 rings (SSSR count). The van der Waals surface area contributed by atoms with E-state index in [1.54, 1.807) is 42.5 Å². The molecule has 1 N–H and O–H groups in total. The predicted octanol–water partition coefficient (Wildman–Crippen LogP) is 3.97. The molecule has 1 saturated heterocycles. The van der Waals surface area contributed by atoms with Crippen LogP contribution in [0.15, 0.2) is 36.7 Å². The molecule has 9 nitrogen and oxygen atoms in total. The molecule has 3 aromatic rings. The van der Waals surface area contributed by atoms with Gasteiger partial charge in [0.15, 0.2) is 0 Å². The number of rotatable bonds is 5. The zero-order valence-electron chi connectivity index (χ0n) is 21.3. The van der Waals surface area contributed by atoms with Gasteiger partial charge in [-0.3, -0.25) is 9.69 Å². The van der Waals surface area contributed by atoms with Crippen LogP contribution < -0.4 is 5.32 Å². The molecule has 1 aromatic carbocycles. The molecule has 0 radical (unpaired) electrons. The Kier molecular flexibility index (Phi) is 7.78. The van der Waals surface area contributed by atoms with Crippen molar-refractivity contribution < 1.29 is 14.0 Å². The summed E-state index contributed by atoms with van der Waals surface area (Å²) in [4.78, 5) is 43.4. The van der Waals surface area contributed by atoms with Crippen LogP contribution in [0, 0.1) is 5.82 Å². The largest absolute Gasteiger partial charge is 0.340 e. The number of urea groups is 1. The fourth-order valence-electron chi connectivity index (χ4n) is 4.73. The molecule has 0 unspecified atom stereocenters. The van der Waals surface area contributed by atoms with E-state index >= 15 is 0 Å². The second-order valence-electron chi connectivity index (χ2n) is 9.54. The molecule has 0 atom stereocenters. The Balaban J connectivity index is 1.21. The van der Waals surface area contributed by atoms with Crippen LogP contribution in [0.3, 0.4) is 0 Å². The van der Waals surface area contributed by atoms with Gasteiger partial charge in [-0.2, -0.15) is 0 Å². The van der Waals surface area contributed by atoms with Gasteiger partial charge in [0.1, 0.15) is 22.8 Å². The Hall–Kier alpha value is -3.28. The summed E-state index contributed by atoms with van der Waals surface area (Å²) in [7, 11) is 3.53. The van der Waals surface area contributed by atoms with Gasteiger partial charge < -0.3 is 20.0 Å². The summed E-state index contributed by atoms with van der Waals surface area (Å²) in [6.07, 6.45) is 5.76. The molecule has 4 heterocycles. The van der Waals surface area contributed by atoms with Crippen molar-refractivity contribution in [2.75, 3.05) is 58.7 Å². The molecule has 2 aromatic heterocycles. The van der Waals surface area contributed by atoms with E-state index in [9.17, 15) is 14.0 Å². The third kappa shape index (κ3) is 5.59. The smallest absolute Gasteiger partial charge is 0.319 e. The van der Waals surface area contributed by atoms with Crippen LogP contribution in [0.1, 0.15) is 10.4 Å². The van der Waals surface area contributed by atoms with E-state index in [1.165, 1.54) is 18.5 Å². The van der Waals surface area contributed by atoms with E-state index in [0.717, 1.165) is 33.7 Å². The number of carbonyl (C=O) groups excluding carboxylic acids is 2. The van der Waals surface area contributed by atoms with E-state index < -0.39 is 5.82 Å². The molecule has 12 heteroatoms. The van der Waals surface area contributed by atoms with E-state index in [2.05, 4.69) is 20.2 Å². The highest BCUT2D eigenvalue weighted by Gasteiger charge is 2.26. The van der Waals surface area contributed by atoms with Gasteiger partial charge in [0, 0.05) is 70.0 Å². The molecular formula is C26H29ClFN7O2S. The van der Waals surface area contributed by atoms with E-state index in [4.69, 9.17) is 11.6 Å². The summed E-state index contributed by atoms with van der Waals surface area (Å²) in [6.45, 7) is 4.75. The normalized spacial score (nSPS) is 16.2. The number of thiophene rings is 1. The molecule has 2 aliphatic heterocycles. The standard InChI is InChI=1S/C26H29ClFN7O2S/c1-32(2)26(37)34-12-10-33(11-13-34)8-3-4-22(36)35-9-7-18-21(15-35)38-25-23(18)24(29-16-30-25)31-17-5-6-20(28)19(27)14-17/h3-6,14,16H,7-13,15H2,1-2H3,(H,29,30,31). The van der Waals surface area contributed by atoms with Crippen molar-refractivity contribution in [3.05, 3.63) is 58.0 Å². The summed E-state index contributed by atoms with van der Waals surface area (Å²) in [5.74, 6) is 0.151. The zero-order chi connectivity index (χ0) is 26.8. The number of hydrogen-bond donors (Lipinski definition) is 1. The topological polar surface area (TPSA) is 84.9 Å². The molecule has 0 aliphatic carbocycles. The maximum atomic E-state index is 13.6. The number of aromatic nitrogens is 2. The molecule has 200 valence electrons. The minimum Gasteiger partial charge on any atom is -0.340 e. The number of benzene rings is 1. The fourth-order valence-corrected chi connectivity index (χ4v) is 6.12. The zero-order valence-corrected chi connectivity index (χ0v) is 22.9.